The molecule has 0 saturated carbocycles. The lowest BCUT2D eigenvalue weighted by Gasteiger charge is -2.13. The van der Waals surface area contributed by atoms with Gasteiger partial charge < -0.3 is 19.8 Å². The minimum absolute atomic E-state index is 0. The fourth-order valence-corrected chi connectivity index (χ4v) is 2.67. The smallest absolute Gasteiger partial charge is 0.216 e. The second-order valence-electron chi connectivity index (χ2n) is 7.80. The van der Waals surface area contributed by atoms with Crippen molar-refractivity contribution in [1.82, 2.24) is 15.6 Å². The third kappa shape index (κ3) is 9.06. The van der Waals surface area contributed by atoms with Crippen LogP contribution in [0.25, 0.3) is 0 Å². The highest BCUT2D eigenvalue weighted by Gasteiger charge is 2.18. The van der Waals surface area contributed by atoms with Crippen molar-refractivity contribution in [2.45, 2.75) is 58.9 Å². The van der Waals surface area contributed by atoms with Gasteiger partial charge in [-0.25, -0.2) is 9.98 Å². The third-order valence-electron chi connectivity index (χ3n) is 4.35. The van der Waals surface area contributed by atoms with E-state index in [-0.39, 0.29) is 29.4 Å². The third-order valence-corrected chi connectivity index (χ3v) is 4.35. The normalized spacial score (nSPS) is 11.7. The molecule has 7 heteroatoms. The molecule has 0 saturated heterocycles. The van der Waals surface area contributed by atoms with E-state index in [1.807, 2.05) is 12.1 Å². The molecule has 0 aliphatic carbocycles. The summed E-state index contributed by atoms with van der Waals surface area (Å²) in [5, 5.41) is 6.65. The van der Waals surface area contributed by atoms with E-state index in [9.17, 15) is 0 Å². The van der Waals surface area contributed by atoms with Crippen LogP contribution in [0, 0.1) is 0 Å². The van der Waals surface area contributed by atoms with Gasteiger partial charge in [0.2, 0.25) is 5.89 Å². The monoisotopic (exact) mass is 514 g/mol. The van der Waals surface area contributed by atoms with Crippen LogP contribution in [0.2, 0.25) is 0 Å². The van der Waals surface area contributed by atoms with Crippen LogP contribution in [0.15, 0.2) is 39.9 Å². The summed E-state index contributed by atoms with van der Waals surface area (Å²) >= 11 is 0. The number of aliphatic imine (C=N–C) groups is 1. The van der Waals surface area contributed by atoms with Crippen LogP contribution in [0.3, 0.4) is 0 Å². The highest BCUT2D eigenvalue weighted by atomic mass is 127. The molecule has 0 aliphatic rings. The number of benzene rings is 1. The number of hydrogen-bond acceptors (Lipinski definition) is 4. The molecule has 2 aromatic rings. The van der Waals surface area contributed by atoms with Crippen LogP contribution >= 0.6 is 24.0 Å². The van der Waals surface area contributed by atoms with Crippen LogP contribution < -0.4 is 15.4 Å². The SMILES string of the molecule is CCNC(=NCc1ncc(C(C)(C)C)o1)NCCCCc1ccc(OC)cc1.I. The minimum Gasteiger partial charge on any atom is -0.497 e. The topological polar surface area (TPSA) is 71.7 Å². The lowest BCUT2D eigenvalue weighted by molar-refractivity contribution is 0.383. The van der Waals surface area contributed by atoms with Gasteiger partial charge in [0.1, 0.15) is 18.1 Å². The molecular formula is C22H35IN4O2. The van der Waals surface area contributed by atoms with Crippen molar-refractivity contribution in [2.24, 2.45) is 4.99 Å². The summed E-state index contributed by atoms with van der Waals surface area (Å²) in [5.74, 6) is 3.22. The maximum atomic E-state index is 5.80. The van der Waals surface area contributed by atoms with Crippen molar-refractivity contribution >= 4 is 29.9 Å². The molecule has 1 aromatic carbocycles. The number of nitrogens with one attached hydrogen (secondary N) is 2. The predicted molar refractivity (Wildman–Crippen MR) is 129 cm³/mol. The minimum atomic E-state index is -0.0401. The fraction of sp³-hybridized carbons (Fsp3) is 0.545. The first kappa shape index (κ1) is 25.3. The zero-order valence-electron chi connectivity index (χ0n) is 18.2. The molecule has 2 rings (SSSR count). The summed E-state index contributed by atoms with van der Waals surface area (Å²) in [7, 11) is 1.69. The van der Waals surface area contributed by atoms with Gasteiger partial charge >= 0.3 is 0 Å². The van der Waals surface area contributed by atoms with Crippen molar-refractivity contribution in [1.29, 1.82) is 0 Å². The molecule has 0 fully saturated rings. The average Bonchev–Trinajstić information content (AvgIpc) is 3.16. The maximum Gasteiger partial charge on any atom is 0.216 e. The second-order valence-corrected chi connectivity index (χ2v) is 7.80. The summed E-state index contributed by atoms with van der Waals surface area (Å²) in [5.41, 5.74) is 1.29. The number of ether oxygens (including phenoxy) is 1. The number of nitrogens with zero attached hydrogens (tertiary/aromatic N) is 2. The van der Waals surface area contributed by atoms with Gasteiger partial charge in [0, 0.05) is 18.5 Å². The first-order valence-electron chi connectivity index (χ1n) is 10.0. The van der Waals surface area contributed by atoms with E-state index >= 15 is 0 Å². The molecular weight excluding hydrogens is 479 g/mol. The van der Waals surface area contributed by atoms with Crippen LogP contribution in [-0.2, 0) is 18.4 Å². The number of halogens is 1. The highest BCUT2D eigenvalue weighted by Crippen LogP contribution is 2.22. The van der Waals surface area contributed by atoms with E-state index in [0.29, 0.717) is 12.4 Å². The van der Waals surface area contributed by atoms with Crippen molar-refractivity contribution < 1.29 is 9.15 Å². The Morgan fingerprint density at radius 2 is 1.86 bits per heavy atom. The van der Waals surface area contributed by atoms with Crippen LogP contribution in [0.1, 0.15) is 57.8 Å². The zero-order valence-corrected chi connectivity index (χ0v) is 20.6. The van der Waals surface area contributed by atoms with Gasteiger partial charge in [0.25, 0.3) is 0 Å². The molecule has 1 heterocycles. The van der Waals surface area contributed by atoms with Gasteiger partial charge in [-0.15, -0.1) is 24.0 Å². The molecule has 0 bridgehead atoms. The first-order chi connectivity index (χ1) is 13.4. The van der Waals surface area contributed by atoms with E-state index in [1.54, 1.807) is 13.3 Å². The highest BCUT2D eigenvalue weighted by molar-refractivity contribution is 14.0. The average molecular weight is 514 g/mol. The van der Waals surface area contributed by atoms with Gasteiger partial charge in [-0.1, -0.05) is 32.9 Å². The number of rotatable bonds is 9. The summed E-state index contributed by atoms with van der Waals surface area (Å²) < 4.78 is 11.0. The maximum absolute atomic E-state index is 5.80. The molecule has 0 aliphatic heterocycles. The molecule has 0 spiro atoms. The summed E-state index contributed by atoms with van der Waals surface area (Å²) in [4.78, 5) is 8.91. The quantitative estimate of drug-likeness (QED) is 0.220. The predicted octanol–water partition coefficient (Wildman–Crippen LogP) is 4.68. The standard InChI is InChI=1S/C22H34N4O2.HI/c1-6-23-21(26-16-20-25-15-19(28-20)22(2,3)4)24-14-8-7-9-17-10-12-18(27-5)13-11-17;/h10-13,15H,6-9,14,16H2,1-5H3,(H2,23,24,26);1H. The number of oxazole rings is 1. The largest absolute Gasteiger partial charge is 0.497 e. The Labute approximate surface area is 191 Å². The molecule has 2 N–H and O–H groups in total. The first-order valence-corrected chi connectivity index (χ1v) is 10.0. The number of guanidine groups is 1. The second kappa shape index (κ2) is 12.7. The van der Waals surface area contributed by atoms with E-state index in [1.165, 1.54) is 5.56 Å². The number of hydrogen-bond donors (Lipinski definition) is 2. The molecule has 0 unspecified atom stereocenters. The fourth-order valence-electron chi connectivity index (χ4n) is 2.67. The summed E-state index contributed by atoms with van der Waals surface area (Å²) in [6, 6.07) is 8.27. The van der Waals surface area contributed by atoms with E-state index < -0.39 is 0 Å². The number of aromatic nitrogens is 1. The Morgan fingerprint density at radius 3 is 2.45 bits per heavy atom. The van der Waals surface area contributed by atoms with Gasteiger partial charge in [0.15, 0.2) is 5.96 Å². The Bertz CT molecular complexity index is 736. The zero-order chi connectivity index (χ0) is 20.4. The molecule has 162 valence electrons. The Hall–Kier alpha value is -1.77. The number of unbranched alkanes of at least 4 members (excludes halogenated alkanes) is 1. The van der Waals surface area contributed by atoms with Crippen molar-refractivity contribution in [3.8, 4) is 5.75 Å². The molecule has 1 aromatic heterocycles. The van der Waals surface area contributed by atoms with Crippen LogP contribution in [-0.4, -0.2) is 31.1 Å². The molecule has 29 heavy (non-hydrogen) atoms. The van der Waals surface area contributed by atoms with Crippen molar-refractivity contribution in [2.75, 3.05) is 20.2 Å². The Balaban J connectivity index is 0.00000420. The number of aryl methyl sites for hydroxylation is 1. The van der Waals surface area contributed by atoms with Crippen molar-refractivity contribution in [3.05, 3.63) is 47.7 Å². The summed E-state index contributed by atoms with van der Waals surface area (Å²) in [6.45, 7) is 10.5. The number of methoxy groups -OCH3 is 1. The molecule has 0 atom stereocenters. The van der Waals surface area contributed by atoms with Gasteiger partial charge in [-0.3, -0.25) is 0 Å². The summed E-state index contributed by atoms with van der Waals surface area (Å²) in [6.07, 6.45) is 5.05. The van der Waals surface area contributed by atoms with E-state index in [0.717, 1.165) is 49.8 Å². The Kier molecular flexibility index (Phi) is 11.1. The van der Waals surface area contributed by atoms with E-state index in [4.69, 9.17) is 9.15 Å². The van der Waals surface area contributed by atoms with Gasteiger partial charge in [-0.2, -0.15) is 0 Å². The van der Waals surface area contributed by atoms with Crippen LogP contribution in [0.4, 0.5) is 0 Å². The van der Waals surface area contributed by atoms with Gasteiger partial charge in [-0.05, 0) is 43.9 Å². The molecule has 0 radical (unpaired) electrons. The molecule has 0 amide bonds. The Morgan fingerprint density at radius 1 is 1.14 bits per heavy atom. The molecule has 6 nitrogen and oxygen atoms in total. The van der Waals surface area contributed by atoms with Crippen molar-refractivity contribution in [3.63, 3.8) is 0 Å². The lowest BCUT2D eigenvalue weighted by atomic mass is 9.94. The van der Waals surface area contributed by atoms with Gasteiger partial charge in [0.05, 0.1) is 13.3 Å². The lowest BCUT2D eigenvalue weighted by Crippen LogP contribution is -2.37. The van der Waals surface area contributed by atoms with E-state index in [2.05, 4.69) is 60.4 Å². The van der Waals surface area contributed by atoms with Crippen LogP contribution in [0.5, 0.6) is 5.75 Å².